The molecule has 0 saturated heterocycles. The summed E-state index contributed by atoms with van der Waals surface area (Å²) in [6.07, 6.45) is -5.72. The highest BCUT2D eigenvalue weighted by atomic mass is 28.4. The summed E-state index contributed by atoms with van der Waals surface area (Å²) >= 11 is 0. The average Bonchev–Trinajstić information content (AvgIpc) is 3.02. The van der Waals surface area contributed by atoms with E-state index < -0.39 is 75.0 Å². The number of hydrogen-bond acceptors (Lipinski definition) is 12. The number of carbonyl (C=O) groups excluding carboxylic acids is 6. The van der Waals surface area contributed by atoms with Gasteiger partial charge in [-0.1, -0.05) is 64.1 Å². The van der Waals surface area contributed by atoms with Crippen molar-refractivity contribution < 1.29 is 56.9 Å². The molecule has 0 aliphatic carbocycles. The fraction of sp³-hybridized carbons (Fsp3) is 0.526. The zero-order chi connectivity index (χ0) is 38.7. The van der Waals surface area contributed by atoms with E-state index in [2.05, 4.69) is 40.8 Å². The minimum Gasteiger partial charge on any atom is -0.462 e. The third kappa shape index (κ3) is 13.4. The van der Waals surface area contributed by atoms with Crippen molar-refractivity contribution in [2.45, 2.75) is 124 Å². The number of hydrogen-bond donors (Lipinski definition) is 0. The molecule has 0 N–H and O–H groups in total. The molecule has 4 atom stereocenters. The molecule has 0 radical (unpaired) electrons. The van der Waals surface area contributed by atoms with Crippen LogP contribution in [0.2, 0.25) is 18.1 Å². The second-order valence-electron chi connectivity index (χ2n) is 13.9. The summed E-state index contributed by atoms with van der Waals surface area (Å²) in [5.41, 5.74) is 3.53. The zero-order valence-electron chi connectivity index (χ0n) is 31.6. The Labute approximate surface area is 301 Å². The average molecular weight is 729 g/mol. The van der Waals surface area contributed by atoms with Crippen LogP contribution in [-0.4, -0.2) is 75.0 Å². The standard InChI is InChI=1S/C38H52O12Si/c1-12-28-13-15-29(16-14-28)19-30-17-18-31(21-46-51(10,11)38(7,8)9)32(20-30)34(44)36(49-26(5)42)37(50-27(6)43)35(48-25(4)41)33(47-24(3)40)22-45-23(2)39/h13-18,20,33,35-37H,12,19,21-22H2,1-11H3/t33-,35-,36+,37+/m1/s1. The van der Waals surface area contributed by atoms with Crippen LogP contribution in [0.15, 0.2) is 42.5 Å². The Kier molecular flexibility index (Phi) is 15.7. The molecule has 2 aromatic rings. The summed E-state index contributed by atoms with van der Waals surface area (Å²) in [7, 11) is -2.32. The van der Waals surface area contributed by atoms with Crippen molar-refractivity contribution in [2.75, 3.05) is 6.61 Å². The molecule has 0 aromatic heterocycles. The number of benzene rings is 2. The van der Waals surface area contributed by atoms with E-state index in [0.29, 0.717) is 12.0 Å². The van der Waals surface area contributed by atoms with Gasteiger partial charge in [0.05, 0.1) is 6.61 Å². The van der Waals surface area contributed by atoms with E-state index in [1.54, 1.807) is 12.1 Å². The van der Waals surface area contributed by atoms with Crippen LogP contribution < -0.4 is 0 Å². The first-order chi connectivity index (χ1) is 23.6. The van der Waals surface area contributed by atoms with Gasteiger partial charge in [-0.15, -0.1) is 0 Å². The van der Waals surface area contributed by atoms with Gasteiger partial charge in [-0.25, -0.2) is 0 Å². The topological polar surface area (TPSA) is 158 Å². The van der Waals surface area contributed by atoms with Gasteiger partial charge in [-0.05, 0) is 59.3 Å². The molecule has 2 aromatic carbocycles. The minimum atomic E-state index is -2.32. The van der Waals surface area contributed by atoms with Crippen molar-refractivity contribution in [2.24, 2.45) is 0 Å². The predicted molar refractivity (Wildman–Crippen MR) is 190 cm³/mol. The number of esters is 5. The second kappa shape index (κ2) is 18.8. The van der Waals surface area contributed by atoms with Crippen LogP contribution in [-0.2, 0) is 71.5 Å². The fourth-order valence-corrected chi connectivity index (χ4v) is 5.89. The first-order valence-electron chi connectivity index (χ1n) is 16.8. The molecule has 280 valence electrons. The summed E-state index contributed by atoms with van der Waals surface area (Å²) in [6.45, 7) is 17.2. The summed E-state index contributed by atoms with van der Waals surface area (Å²) in [6, 6.07) is 13.4. The van der Waals surface area contributed by atoms with E-state index in [1.807, 2.05) is 30.3 Å². The van der Waals surface area contributed by atoms with Gasteiger partial charge in [0.1, 0.15) is 6.61 Å². The van der Waals surface area contributed by atoms with Gasteiger partial charge in [0.2, 0.25) is 11.9 Å². The van der Waals surface area contributed by atoms with E-state index in [9.17, 15) is 28.8 Å². The number of carbonyl (C=O) groups is 6. The Morgan fingerprint density at radius 2 is 1.18 bits per heavy atom. The maximum atomic E-state index is 14.8. The maximum Gasteiger partial charge on any atom is 0.303 e. The Hall–Kier alpha value is -4.36. The maximum absolute atomic E-state index is 14.8. The lowest BCUT2D eigenvalue weighted by Crippen LogP contribution is -2.55. The molecule has 13 heteroatoms. The number of ether oxygens (including phenoxy) is 5. The fourth-order valence-electron chi connectivity index (χ4n) is 4.94. The molecule has 0 spiro atoms. The molecule has 2 rings (SSSR count). The van der Waals surface area contributed by atoms with Gasteiger partial charge in [-0.2, -0.15) is 0 Å². The molecule has 0 amide bonds. The van der Waals surface area contributed by atoms with Gasteiger partial charge in [-0.3, -0.25) is 28.8 Å². The van der Waals surface area contributed by atoms with E-state index in [-0.39, 0.29) is 17.2 Å². The number of rotatable bonds is 17. The highest BCUT2D eigenvalue weighted by Gasteiger charge is 2.47. The molecule has 12 nitrogen and oxygen atoms in total. The second-order valence-corrected chi connectivity index (χ2v) is 18.7. The van der Waals surface area contributed by atoms with Crippen LogP contribution in [0.1, 0.15) is 94.9 Å². The summed E-state index contributed by atoms with van der Waals surface area (Å²) in [5.74, 6) is -5.15. The lowest BCUT2D eigenvalue weighted by Gasteiger charge is -2.36. The van der Waals surface area contributed by atoms with Crippen molar-refractivity contribution in [3.05, 3.63) is 70.3 Å². The summed E-state index contributed by atoms with van der Waals surface area (Å²) < 4.78 is 33.5. The third-order valence-electron chi connectivity index (χ3n) is 8.59. The Balaban J connectivity index is 2.81. The summed E-state index contributed by atoms with van der Waals surface area (Å²) in [5, 5.41) is -0.145. The quantitative estimate of drug-likeness (QED) is 0.0832. The van der Waals surface area contributed by atoms with Gasteiger partial charge in [0, 0.05) is 40.2 Å². The number of aryl methyl sites for hydroxylation is 1. The van der Waals surface area contributed by atoms with Gasteiger partial charge in [0.25, 0.3) is 0 Å². The van der Waals surface area contributed by atoms with Crippen molar-refractivity contribution >= 4 is 43.9 Å². The first kappa shape index (κ1) is 42.8. The van der Waals surface area contributed by atoms with E-state index in [0.717, 1.165) is 52.2 Å². The minimum absolute atomic E-state index is 0.0456. The predicted octanol–water partition coefficient (Wildman–Crippen LogP) is 5.83. The van der Waals surface area contributed by atoms with Crippen LogP contribution in [0.4, 0.5) is 0 Å². The van der Waals surface area contributed by atoms with Crippen LogP contribution >= 0.6 is 0 Å². The summed E-state index contributed by atoms with van der Waals surface area (Å²) in [4.78, 5) is 76.3. The lowest BCUT2D eigenvalue weighted by atomic mass is 9.91. The van der Waals surface area contributed by atoms with E-state index in [1.165, 1.54) is 5.56 Å². The molecule has 0 fully saturated rings. The van der Waals surface area contributed by atoms with Crippen LogP contribution in [0, 0.1) is 0 Å². The highest BCUT2D eigenvalue weighted by Crippen LogP contribution is 2.37. The first-order valence-corrected chi connectivity index (χ1v) is 19.8. The largest absolute Gasteiger partial charge is 0.462 e. The Bertz CT molecular complexity index is 1560. The van der Waals surface area contributed by atoms with Crippen molar-refractivity contribution in [3.63, 3.8) is 0 Å². The van der Waals surface area contributed by atoms with Crippen LogP contribution in [0.3, 0.4) is 0 Å². The van der Waals surface area contributed by atoms with Crippen molar-refractivity contribution in [1.82, 2.24) is 0 Å². The van der Waals surface area contributed by atoms with E-state index in [4.69, 9.17) is 28.1 Å². The molecule has 0 bridgehead atoms. The molecule has 0 heterocycles. The number of Topliss-reactive ketones (excluding diaryl/α,β-unsaturated/α-hetero) is 1. The van der Waals surface area contributed by atoms with Gasteiger partial charge >= 0.3 is 29.8 Å². The van der Waals surface area contributed by atoms with Crippen molar-refractivity contribution in [3.8, 4) is 0 Å². The molecule has 0 saturated carbocycles. The Morgan fingerprint density at radius 1 is 0.667 bits per heavy atom. The molecular formula is C38H52O12Si. The molecule has 51 heavy (non-hydrogen) atoms. The normalized spacial score (nSPS) is 13.9. The SMILES string of the molecule is CCc1ccc(Cc2ccc(CO[Si](C)(C)C(C)(C)C)c(C(=O)[C@H](OC(C)=O)[C@@H](OC(C)=O)[C@H](OC(C)=O)[C@@H](COC(C)=O)OC(C)=O)c2)cc1. The zero-order valence-corrected chi connectivity index (χ0v) is 32.6. The van der Waals surface area contributed by atoms with Crippen LogP contribution in [0.25, 0.3) is 0 Å². The highest BCUT2D eigenvalue weighted by molar-refractivity contribution is 6.74. The van der Waals surface area contributed by atoms with Crippen LogP contribution in [0.5, 0.6) is 0 Å². The van der Waals surface area contributed by atoms with E-state index >= 15 is 0 Å². The Morgan fingerprint density at radius 3 is 1.67 bits per heavy atom. The van der Waals surface area contributed by atoms with Gasteiger partial charge in [0.15, 0.2) is 26.6 Å². The lowest BCUT2D eigenvalue weighted by molar-refractivity contribution is -0.199. The monoisotopic (exact) mass is 728 g/mol. The van der Waals surface area contributed by atoms with Crippen molar-refractivity contribution in [1.29, 1.82) is 0 Å². The molecule has 0 aliphatic heterocycles. The third-order valence-corrected chi connectivity index (χ3v) is 13.1. The number of ketones is 1. The molecular weight excluding hydrogens is 676 g/mol. The molecule has 0 unspecified atom stereocenters. The van der Waals surface area contributed by atoms with Gasteiger partial charge < -0.3 is 28.1 Å². The smallest absolute Gasteiger partial charge is 0.303 e. The molecule has 0 aliphatic rings.